The standard InChI is InChI=1S/C12H25NO2/c1-3-6-13-11(2)9-15-10-12-4-7-14-8-5-12/h11-13H,3-10H2,1-2H3. The summed E-state index contributed by atoms with van der Waals surface area (Å²) < 4.78 is 11.0. The van der Waals surface area contributed by atoms with E-state index in [2.05, 4.69) is 19.2 Å². The molecule has 0 spiro atoms. The van der Waals surface area contributed by atoms with Crippen LogP contribution in [0, 0.1) is 5.92 Å². The molecule has 1 saturated heterocycles. The molecule has 0 radical (unpaired) electrons. The Morgan fingerprint density at radius 1 is 1.40 bits per heavy atom. The second-order valence-corrected chi connectivity index (χ2v) is 4.45. The van der Waals surface area contributed by atoms with Crippen molar-refractivity contribution in [2.45, 2.75) is 39.2 Å². The van der Waals surface area contributed by atoms with Crippen LogP contribution in [0.2, 0.25) is 0 Å². The van der Waals surface area contributed by atoms with Gasteiger partial charge in [-0.15, -0.1) is 0 Å². The van der Waals surface area contributed by atoms with E-state index in [0.29, 0.717) is 6.04 Å². The summed E-state index contributed by atoms with van der Waals surface area (Å²) in [5, 5.41) is 3.42. The number of rotatable bonds is 7. The highest BCUT2D eigenvalue weighted by atomic mass is 16.5. The van der Waals surface area contributed by atoms with Gasteiger partial charge in [0.2, 0.25) is 0 Å². The third kappa shape index (κ3) is 6.13. The average Bonchev–Trinajstić information content (AvgIpc) is 2.28. The van der Waals surface area contributed by atoms with Gasteiger partial charge in [-0.1, -0.05) is 6.92 Å². The fraction of sp³-hybridized carbons (Fsp3) is 1.00. The average molecular weight is 215 g/mol. The SMILES string of the molecule is CCCNC(C)COCC1CCOCC1. The van der Waals surface area contributed by atoms with Gasteiger partial charge in [-0.3, -0.25) is 0 Å². The normalized spacial score (nSPS) is 20.4. The zero-order valence-electron chi connectivity index (χ0n) is 10.1. The molecule has 0 saturated carbocycles. The third-order valence-electron chi connectivity index (χ3n) is 2.81. The van der Waals surface area contributed by atoms with Crippen molar-refractivity contribution in [1.29, 1.82) is 0 Å². The summed E-state index contributed by atoms with van der Waals surface area (Å²) in [5.74, 6) is 0.720. The maximum absolute atomic E-state index is 5.71. The van der Waals surface area contributed by atoms with E-state index in [1.165, 1.54) is 6.42 Å². The largest absolute Gasteiger partial charge is 0.381 e. The summed E-state index contributed by atoms with van der Waals surface area (Å²) in [6.45, 7) is 9.01. The van der Waals surface area contributed by atoms with Gasteiger partial charge in [0, 0.05) is 25.9 Å². The predicted molar refractivity (Wildman–Crippen MR) is 62.1 cm³/mol. The number of ether oxygens (including phenoxy) is 2. The molecule has 0 aromatic heterocycles. The molecule has 1 heterocycles. The molecule has 3 nitrogen and oxygen atoms in total. The summed E-state index contributed by atoms with van der Waals surface area (Å²) in [7, 11) is 0. The van der Waals surface area contributed by atoms with Gasteiger partial charge in [0.1, 0.15) is 0 Å². The summed E-state index contributed by atoms with van der Waals surface area (Å²) in [4.78, 5) is 0. The number of hydrogen-bond acceptors (Lipinski definition) is 3. The van der Waals surface area contributed by atoms with Crippen molar-refractivity contribution in [2.24, 2.45) is 5.92 Å². The van der Waals surface area contributed by atoms with Crippen molar-refractivity contribution < 1.29 is 9.47 Å². The minimum atomic E-state index is 0.477. The molecule has 15 heavy (non-hydrogen) atoms. The topological polar surface area (TPSA) is 30.5 Å². The number of nitrogens with one attached hydrogen (secondary N) is 1. The minimum absolute atomic E-state index is 0.477. The van der Waals surface area contributed by atoms with Crippen LogP contribution in [0.3, 0.4) is 0 Å². The van der Waals surface area contributed by atoms with Crippen molar-refractivity contribution in [3.63, 3.8) is 0 Å². The lowest BCUT2D eigenvalue weighted by molar-refractivity contribution is 0.0164. The van der Waals surface area contributed by atoms with Crippen LogP contribution in [0.25, 0.3) is 0 Å². The van der Waals surface area contributed by atoms with Gasteiger partial charge in [0.25, 0.3) is 0 Å². The van der Waals surface area contributed by atoms with Crippen LogP contribution in [0.15, 0.2) is 0 Å². The molecule has 1 rings (SSSR count). The van der Waals surface area contributed by atoms with Gasteiger partial charge in [-0.2, -0.15) is 0 Å². The Morgan fingerprint density at radius 2 is 2.13 bits per heavy atom. The molecule has 0 aliphatic carbocycles. The molecule has 0 bridgehead atoms. The zero-order chi connectivity index (χ0) is 10.9. The van der Waals surface area contributed by atoms with E-state index >= 15 is 0 Å². The Kier molecular flexibility index (Phi) is 6.98. The Labute approximate surface area is 93.5 Å². The third-order valence-corrected chi connectivity index (χ3v) is 2.81. The van der Waals surface area contributed by atoms with E-state index in [1.807, 2.05) is 0 Å². The molecule has 1 atom stereocenters. The number of hydrogen-bond donors (Lipinski definition) is 1. The Bertz CT molecular complexity index is 147. The molecule has 1 N–H and O–H groups in total. The smallest absolute Gasteiger partial charge is 0.0617 e. The molecule has 1 aliphatic rings. The van der Waals surface area contributed by atoms with Crippen LogP contribution in [0.5, 0.6) is 0 Å². The van der Waals surface area contributed by atoms with E-state index in [4.69, 9.17) is 9.47 Å². The van der Waals surface area contributed by atoms with Crippen molar-refractivity contribution in [2.75, 3.05) is 33.0 Å². The van der Waals surface area contributed by atoms with E-state index in [1.54, 1.807) is 0 Å². The van der Waals surface area contributed by atoms with E-state index < -0.39 is 0 Å². The first-order chi connectivity index (χ1) is 7.33. The lowest BCUT2D eigenvalue weighted by Gasteiger charge is -2.22. The van der Waals surface area contributed by atoms with Crippen molar-refractivity contribution in [3.8, 4) is 0 Å². The first-order valence-electron chi connectivity index (χ1n) is 6.21. The van der Waals surface area contributed by atoms with Gasteiger partial charge in [0.15, 0.2) is 0 Å². The van der Waals surface area contributed by atoms with Crippen LogP contribution in [-0.4, -0.2) is 39.0 Å². The molecular formula is C12H25NO2. The molecule has 1 aliphatic heterocycles. The lowest BCUT2D eigenvalue weighted by Crippen LogP contribution is -2.32. The maximum atomic E-state index is 5.71. The Morgan fingerprint density at radius 3 is 2.80 bits per heavy atom. The van der Waals surface area contributed by atoms with Crippen molar-refractivity contribution >= 4 is 0 Å². The first-order valence-corrected chi connectivity index (χ1v) is 6.21. The predicted octanol–water partition coefficient (Wildman–Crippen LogP) is 1.82. The van der Waals surface area contributed by atoms with Gasteiger partial charge < -0.3 is 14.8 Å². The Balaban J connectivity index is 1.94. The molecule has 0 amide bonds. The van der Waals surface area contributed by atoms with E-state index in [0.717, 1.165) is 51.7 Å². The monoisotopic (exact) mass is 215 g/mol. The van der Waals surface area contributed by atoms with Gasteiger partial charge in [-0.05, 0) is 38.6 Å². The summed E-state index contributed by atoms with van der Waals surface area (Å²) in [6, 6.07) is 0.477. The van der Waals surface area contributed by atoms with Gasteiger partial charge in [0.05, 0.1) is 6.61 Å². The summed E-state index contributed by atoms with van der Waals surface area (Å²) in [5.41, 5.74) is 0. The molecule has 90 valence electrons. The molecule has 0 aromatic carbocycles. The summed E-state index contributed by atoms with van der Waals surface area (Å²) in [6.07, 6.45) is 3.51. The highest BCUT2D eigenvalue weighted by Crippen LogP contribution is 2.14. The molecular weight excluding hydrogens is 190 g/mol. The fourth-order valence-corrected chi connectivity index (χ4v) is 1.77. The second kappa shape index (κ2) is 8.08. The maximum Gasteiger partial charge on any atom is 0.0617 e. The van der Waals surface area contributed by atoms with Crippen molar-refractivity contribution in [3.05, 3.63) is 0 Å². The van der Waals surface area contributed by atoms with Gasteiger partial charge >= 0.3 is 0 Å². The lowest BCUT2D eigenvalue weighted by atomic mass is 10.0. The van der Waals surface area contributed by atoms with Crippen molar-refractivity contribution in [1.82, 2.24) is 5.32 Å². The molecule has 3 heteroatoms. The highest BCUT2D eigenvalue weighted by molar-refractivity contribution is 4.64. The summed E-state index contributed by atoms with van der Waals surface area (Å²) >= 11 is 0. The van der Waals surface area contributed by atoms with Crippen LogP contribution < -0.4 is 5.32 Å². The minimum Gasteiger partial charge on any atom is -0.381 e. The zero-order valence-corrected chi connectivity index (χ0v) is 10.1. The Hall–Kier alpha value is -0.120. The van der Waals surface area contributed by atoms with E-state index in [9.17, 15) is 0 Å². The van der Waals surface area contributed by atoms with Crippen LogP contribution >= 0.6 is 0 Å². The second-order valence-electron chi connectivity index (χ2n) is 4.45. The molecule has 1 unspecified atom stereocenters. The van der Waals surface area contributed by atoms with E-state index in [-0.39, 0.29) is 0 Å². The van der Waals surface area contributed by atoms with Crippen LogP contribution in [0.1, 0.15) is 33.1 Å². The highest BCUT2D eigenvalue weighted by Gasteiger charge is 2.13. The van der Waals surface area contributed by atoms with Crippen LogP contribution in [0.4, 0.5) is 0 Å². The molecule has 0 aromatic rings. The first kappa shape index (κ1) is 12.9. The molecule has 1 fully saturated rings. The fourth-order valence-electron chi connectivity index (χ4n) is 1.77. The quantitative estimate of drug-likeness (QED) is 0.702. The van der Waals surface area contributed by atoms with Gasteiger partial charge in [-0.25, -0.2) is 0 Å². The van der Waals surface area contributed by atoms with Crippen LogP contribution in [-0.2, 0) is 9.47 Å².